The zero-order valence-electron chi connectivity index (χ0n) is 10.9. The number of hydrogen-bond acceptors (Lipinski definition) is 5. The first-order chi connectivity index (χ1) is 8.96. The largest absolute Gasteiger partial charge is 0.465 e. The van der Waals surface area contributed by atoms with Crippen LogP contribution in [0.5, 0.6) is 0 Å². The summed E-state index contributed by atoms with van der Waals surface area (Å²) in [5, 5.41) is 5.84. The number of ether oxygens (including phenoxy) is 1. The SMILES string of the molecule is COC(=O)c1cn[nH]c1S(=O)(=O)N1CCC(C)CC1. The van der Waals surface area contributed by atoms with Crippen molar-refractivity contribution >= 4 is 16.0 Å². The third-order valence-corrected chi connectivity index (χ3v) is 5.22. The first-order valence-electron chi connectivity index (χ1n) is 6.08. The van der Waals surface area contributed by atoms with Gasteiger partial charge in [0.1, 0.15) is 5.56 Å². The number of piperidine rings is 1. The van der Waals surface area contributed by atoms with E-state index in [1.807, 2.05) is 0 Å². The van der Waals surface area contributed by atoms with E-state index in [0.717, 1.165) is 12.8 Å². The number of rotatable bonds is 3. The lowest BCUT2D eigenvalue weighted by atomic mass is 10.0. The fraction of sp³-hybridized carbons (Fsp3) is 0.636. The molecule has 0 radical (unpaired) electrons. The molecule has 0 amide bonds. The van der Waals surface area contributed by atoms with E-state index in [-0.39, 0.29) is 10.6 Å². The van der Waals surface area contributed by atoms with Gasteiger partial charge in [0.05, 0.1) is 13.3 Å². The van der Waals surface area contributed by atoms with Crippen LogP contribution in [0.1, 0.15) is 30.1 Å². The van der Waals surface area contributed by atoms with Gasteiger partial charge in [-0.1, -0.05) is 6.92 Å². The lowest BCUT2D eigenvalue weighted by Gasteiger charge is -2.28. The van der Waals surface area contributed by atoms with Gasteiger partial charge in [0.2, 0.25) is 0 Å². The Balaban J connectivity index is 2.30. The van der Waals surface area contributed by atoms with E-state index < -0.39 is 16.0 Å². The number of H-pyrrole nitrogens is 1. The van der Waals surface area contributed by atoms with Gasteiger partial charge in [-0.2, -0.15) is 9.40 Å². The molecule has 0 spiro atoms. The van der Waals surface area contributed by atoms with E-state index in [1.165, 1.54) is 17.6 Å². The van der Waals surface area contributed by atoms with Crippen LogP contribution in [0.3, 0.4) is 0 Å². The molecule has 0 aromatic carbocycles. The molecule has 106 valence electrons. The summed E-state index contributed by atoms with van der Waals surface area (Å²) in [6, 6.07) is 0. The third kappa shape index (κ3) is 2.64. The summed E-state index contributed by atoms with van der Waals surface area (Å²) < 4.78 is 30.8. The molecule has 0 aliphatic carbocycles. The molecular formula is C11H17N3O4S. The highest BCUT2D eigenvalue weighted by Gasteiger charge is 2.33. The Labute approximate surface area is 112 Å². The molecule has 0 saturated carbocycles. The van der Waals surface area contributed by atoms with Crippen molar-refractivity contribution in [2.75, 3.05) is 20.2 Å². The van der Waals surface area contributed by atoms with Crippen LogP contribution in [0.25, 0.3) is 0 Å². The summed E-state index contributed by atoms with van der Waals surface area (Å²) in [4.78, 5) is 11.5. The molecule has 1 aromatic heterocycles. The van der Waals surface area contributed by atoms with Crippen LogP contribution in [-0.4, -0.2) is 49.1 Å². The second-order valence-corrected chi connectivity index (χ2v) is 6.57. The van der Waals surface area contributed by atoms with Crippen LogP contribution >= 0.6 is 0 Å². The highest BCUT2D eigenvalue weighted by molar-refractivity contribution is 7.89. The zero-order valence-corrected chi connectivity index (χ0v) is 11.7. The Bertz CT molecular complexity index is 558. The minimum Gasteiger partial charge on any atom is -0.465 e. The molecule has 7 nitrogen and oxygen atoms in total. The maximum atomic E-state index is 12.4. The van der Waals surface area contributed by atoms with Gasteiger partial charge in [-0.15, -0.1) is 0 Å². The lowest BCUT2D eigenvalue weighted by molar-refractivity contribution is 0.0596. The highest BCUT2D eigenvalue weighted by atomic mass is 32.2. The fourth-order valence-corrected chi connectivity index (χ4v) is 3.61. The van der Waals surface area contributed by atoms with Gasteiger partial charge in [0.25, 0.3) is 10.0 Å². The molecule has 1 aliphatic heterocycles. The van der Waals surface area contributed by atoms with Crippen molar-refractivity contribution in [3.8, 4) is 0 Å². The number of carbonyl (C=O) groups excluding carboxylic acids is 1. The number of methoxy groups -OCH3 is 1. The number of hydrogen-bond donors (Lipinski definition) is 1. The molecule has 2 heterocycles. The minimum atomic E-state index is -3.71. The maximum Gasteiger partial charge on any atom is 0.342 e. The Morgan fingerprint density at radius 1 is 1.47 bits per heavy atom. The van der Waals surface area contributed by atoms with Crippen LogP contribution in [-0.2, 0) is 14.8 Å². The minimum absolute atomic E-state index is 0.0545. The van der Waals surface area contributed by atoms with Gasteiger partial charge < -0.3 is 4.74 Å². The second-order valence-electron chi connectivity index (χ2n) is 4.69. The van der Waals surface area contributed by atoms with Crippen LogP contribution in [0.4, 0.5) is 0 Å². The predicted octanol–water partition coefficient (Wildman–Crippen LogP) is 0.617. The maximum absolute atomic E-state index is 12.4. The van der Waals surface area contributed by atoms with E-state index in [1.54, 1.807) is 0 Å². The molecule has 1 fully saturated rings. The normalized spacial score (nSPS) is 18.4. The van der Waals surface area contributed by atoms with Gasteiger partial charge >= 0.3 is 5.97 Å². The summed E-state index contributed by atoms with van der Waals surface area (Å²) in [6.45, 7) is 3.02. The van der Waals surface area contributed by atoms with Crippen molar-refractivity contribution in [2.24, 2.45) is 5.92 Å². The number of sulfonamides is 1. The monoisotopic (exact) mass is 287 g/mol. The summed E-state index contributed by atoms with van der Waals surface area (Å²) in [7, 11) is -2.51. The lowest BCUT2D eigenvalue weighted by Crippen LogP contribution is -2.38. The number of esters is 1. The van der Waals surface area contributed by atoms with E-state index in [4.69, 9.17) is 0 Å². The van der Waals surface area contributed by atoms with Crippen LogP contribution in [0, 0.1) is 5.92 Å². The van der Waals surface area contributed by atoms with Crippen LogP contribution < -0.4 is 0 Å². The zero-order chi connectivity index (χ0) is 14.0. The number of aromatic amines is 1. The average Bonchev–Trinajstić information content (AvgIpc) is 2.88. The Hall–Kier alpha value is -1.41. The summed E-state index contributed by atoms with van der Waals surface area (Å²) >= 11 is 0. The van der Waals surface area contributed by atoms with E-state index in [2.05, 4.69) is 21.9 Å². The number of nitrogens with zero attached hydrogens (tertiary/aromatic N) is 2. The Morgan fingerprint density at radius 3 is 2.68 bits per heavy atom. The smallest absolute Gasteiger partial charge is 0.342 e. The summed E-state index contributed by atoms with van der Waals surface area (Å²) in [5.74, 6) is -0.189. The molecule has 2 rings (SSSR count). The van der Waals surface area contributed by atoms with Gasteiger partial charge in [0.15, 0.2) is 5.03 Å². The molecule has 0 atom stereocenters. The van der Waals surface area contributed by atoms with E-state index in [9.17, 15) is 13.2 Å². The Morgan fingerprint density at radius 2 is 2.11 bits per heavy atom. The molecule has 0 bridgehead atoms. The number of nitrogens with one attached hydrogen (secondary N) is 1. The van der Waals surface area contributed by atoms with Gasteiger partial charge in [0, 0.05) is 13.1 Å². The van der Waals surface area contributed by atoms with Gasteiger partial charge in [-0.3, -0.25) is 5.10 Å². The molecule has 1 N–H and O–H groups in total. The van der Waals surface area contributed by atoms with Crippen molar-refractivity contribution in [1.82, 2.24) is 14.5 Å². The molecule has 0 unspecified atom stereocenters. The highest BCUT2D eigenvalue weighted by Crippen LogP contribution is 2.24. The van der Waals surface area contributed by atoms with Crippen molar-refractivity contribution < 1.29 is 17.9 Å². The Kier molecular flexibility index (Phi) is 3.91. The first kappa shape index (κ1) is 14.0. The molecule has 1 aromatic rings. The van der Waals surface area contributed by atoms with Crippen molar-refractivity contribution in [3.63, 3.8) is 0 Å². The number of aromatic nitrogens is 2. The van der Waals surface area contributed by atoms with Crippen LogP contribution in [0.2, 0.25) is 0 Å². The van der Waals surface area contributed by atoms with E-state index in [0.29, 0.717) is 19.0 Å². The van der Waals surface area contributed by atoms with Crippen molar-refractivity contribution in [3.05, 3.63) is 11.8 Å². The first-order valence-corrected chi connectivity index (χ1v) is 7.52. The molecule has 1 aliphatic rings. The third-order valence-electron chi connectivity index (χ3n) is 3.35. The number of carbonyl (C=O) groups is 1. The van der Waals surface area contributed by atoms with E-state index >= 15 is 0 Å². The standard InChI is InChI=1S/C11H17N3O4S/c1-8-3-5-14(6-4-8)19(16,17)10-9(7-12-13-10)11(15)18-2/h7-8H,3-6H2,1-2H3,(H,12,13). The van der Waals surface area contributed by atoms with Crippen molar-refractivity contribution in [2.45, 2.75) is 24.8 Å². The average molecular weight is 287 g/mol. The molecule has 1 saturated heterocycles. The fourth-order valence-electron chi connectivity index (χ4n) is 2.08. The molecular weight excluding hydrogens is 270 g/mol. The second kappa shape index (κ2) is 5.30. The summed E-state index contributed by atoms with van der Waals surface area (Å²) in [5.41, 5.74) is -0.0545. The van der Waals surface area contributed by atoms with Crippen LogP contribution in [0.15, 0.2) is 11.2 Å². The van der Waals surface area contributed by atoms with Gasteiger partial charge in [-0.25, -0.2) is 13.2 Å². The van der Waals surface area contributed by atoms with Crippen molar-refractivity contribution in [1.29, 1.82) is 0 Å². The molecule has 8 heteroatoms. The predicted molar refractivity (Wildman–Crippen MR) is 67.1 cm³/mol. The topological polar surface area (TPSA) is 92.4 Å². The summed E-state index contributed by atoms with van der Waals surface area (Å²) in [6.07, 6.45) is 2.81. The quantitative estimate of drug-likeness (QED) is 0.823. The molecule has 19 heavy (non-hydrogen) atoms. The van der Waals surface area contributed by atoms with Gasteiger partial charge in [-0.05, 0) is 18.8 Å².